The van der Waals surface area contributed by atoms with Gasteiger partial charge in [0.1, 0.15) is 0 Å². The fraction of sp³-hybridized carbons (Fsp3) is 0.778. The van der Waals surface area contributed by atoms with Gasteiger partial charge in [0.25, 0.3) is 0 Å². The molecule has 8 heteroatoms. The summed E-state index contributed by atoms with van der Waals surface area (Å²) in [5.74, 6) is -3.28. The van der Waals surface area contributed by atoms with Crippen LogP contribution in [0.25, 0.3) is 0 Å². The van der Waals surface area contributed by atoms with Crippen molar-refractivity contribution in [2.75, 3.05) is 14.2 Å². The Kier molecular flexibility index (Phi) is 9.09. The first-order chi connectivity index (χ1) is 12.3. The summed E-state index contributed by atoms with van der Waals surface area (Å²) >= 11 is 0. The number of hydrogen-bond donors (Lipinski definition) is 2. The SMILES string of the molecule is COC(=O)[C@@H]1CCC[C@H](C(=O)O)C1.COC(=O)[C@H]1CCC[C@@H](C(=O)O)C1. The van der Waals surface area contributed by atoms with Gasteiger partial charge in [-0.05, 0) is 38.5 Å². The molecule has 0 spiro atoms. The summed E-state index contributed by atoms with van der Waals surface area (Å²) in [6.45, 7) is 0. The first-order valence-corrected chi connectivity index (χ1v) is 8.91. The van der Waals surface area contributed by atoms with Gasteiger partial charge in [0.15, 0.2) is 0 Å². The van der Waals surface area contributed by atoms with E-state index < -0.39 is 11.9 Å². The molecule has 26 heavy (non-hydrogen) atoms. The third-order valence-corrected chi connectivity index (χ3v) is 5.12. The molecule has 8 nitrogen and oxygen atoms in total. The van der Waals surface area contributed by atoms with E-state index in [1.54, 1.807) is 0 Å². The molecule has 0 aromatic heterocycles. The van der Waals surface area contributed by atoms with Gasteiger partial charge < -0.3 is 19.7 Å². The van der Waals surface area contributed by atoms with Crippen LogP contribution in [-0.4, -0.2) is 48.3 Å². The average molecular weight is 372 g/mol. The molecule has 0 radical (unpaired) electrons. The van der Waals surface area contributed by atoms with E-state index in [1.165, 1.54) is 14.2 Å². The summed E-state index contributed by atoms with van der Waals surface area (Å²) in [4.78, 5) is 43.6. The molecule has 2 aliphatic rings. The zero-order valence-corrected chi connectivity index (χ0v) is 15.3. The van der Waals surface area contributed by atoms with Gasteiger partial charge in [-0.2, -0.15) is 0 Å². The van der Waals surface area contributed by atoms with Crippen LogP contribution in [0.5, 0.6) is 0 Å². The summed E-state index contributed by atoms with van der Waals surface area (Å²) < 4.78 is 9.17. The number of carbonyl (C=O) groups is 4. The van der Waals surface area contributed by atoms with Crippen molar-refractivity contribution in [2.24, 2.45) is 23.7 Å². The lowest BCUT2D eigenvalue weighted by Crippen LogP contribution is -2.27. The molecule has 0 aromatic rings. The van der Waals surface area contributed by atoms with Crippen molar-refractivity contribution < 1.29 is 38.9 Å². The minimum absolute atomic E-state index is 0.208. The van der Waals surface area contributed by atoms with E-state index in [-0.39, 0.29) is 35.6 Å². The minimum atomic E-state index is -0.798. The number of aliphatic carboxylic acids is 2. The quantitative estimate of drug-likeness (QED) is 0.718. The maximum atomic E-state index is 11.1. The summed E-state index contributed by atoms with van der Waals surface area (Å²) in [5, 5.41) is 17.5. The maximum Gasteiger partial charge on any atom is 0.308 e. The second-order valence-electron chi connectivity index (χ2n) is 6.84. The Morgan fingerprint density at radius 1 is 0.654 bits per heavy atom. The number of carboxylic acid groups (broad SMARTS) is 2. The zero-order valence-electron chi connectivity index (χ0n) is 15.3. The van der Waals surface area contributed by atoms with Crippen molar-refractivity contribution in [3.8, 4) is 0 Å². The number of esters is 2. The molecule has 0 amide bonds. The fourth-order valence-electron chi connectivity index (χ4n) is 3.59. The molecule has 0 unspecified atom stereocenters. The fourth-order valence-corrected chi connectivity index (χ4v) is 3.59. The Balaban J connectivity index is 0.000000260. The van der Waals surface area contributed by atoms with Crippen LogP contribution in [0.2, 0.25) is 0 Å². The molecular formula is C18H28O8. The van der Waals surface area contributed by atoms with Gasteiger partial charge in [-0.3, -0.25) is 19.2 Å². The highest BCUT2D eigenvalue weighted by molar-refractivity contribution is 5.76. The predicted molar refractivity (Wildman–Crippen MR) is 90.2 cm³/mol. The van der Waals surface area contributed by atoms with Crippen LogP contribution in [0.15, 0.2) is 0 Å². The molecule has 2 N–H and O–H groups in total. The normalized spacial score (nSPS) is 28.1. The van der Waals surface area contributed by atoms with Gasteiger partial charge in [-0.15, -0.1) is 0 Å². The molecule has 0 heterocycles. The van der Waals surface area contributed by atoms with Gasteiger partial charge in [0.2, 0.25) is 0 Å². The van der Waals surface area contributed by atoms with E-state index in [1.807, 2.05) is 0 Å². The molecule has 0 aromatic carbocycles. The third kappa shape index (κ3) is 6.65. The molecule has 4 atom stereocenters. The lowest BCUT2D eigenvalue weighted by molar-refractivity contribution is -0.151. The smallest absolute Gasteiger partial charge is 0.308 e. The molecule has 2 fully saturated rings. The van der Waals surface area contributed by atoms with Crippen LogP contribution in [0.3, 0.4) is 0 Å². The van der Waals surface area contributed by atoms with Crippen molar-refractivity contribution in [1.82, 2.24) is 0 Å². The van der Waals surface area contributed by atoms with Crippen molar-refractivity contribution in [1.29, 1.82) is 0 Å². The topological polar surface area (TPSA) is 127 Å². The lowest BCUT2D eigenvalue weighted by Gasteiger charge is -2.24. The number of hydrogen-bond acceptors (Lipinski definition) is 6. The number of carboxylic acids is 2. The van der Waals surface area contributed by atoms with Crippen molar-refractivity contribution in [2.45, 2.75) is 51.4 Å². The van der Waals surface area contributed by atoms with Crippen LogP contribution in [0, 0.1) is 23.7 Å². The highest BCUT2D eigenvalue weighted by atomic mass is 16.5. The van der Waals surface area contributed by atoms with E-state index in [9.17, 15) is 19.2 Å². The Morgan fingerprint density at radius 2 is 0.962 bits per heavy atom. The molecule has 148 valence electrons. The van der Waals surface area contributed by atoms with E-state index >= 15 is 0 Å². The molecular weight excluding hydrogens is 344 g/mol. The van der Waals surface area contributed by atoms with E-state index in [2.05, 4.69) is 9.47 Å². The summed E-state index contributed by atoms with van der Waals surface area (Å²) in [5.41, 5.74) is 0. The Bertz CT molecular complexity index is 469. The lowest BCUT2D eigenvalue weighted by atomic mass is 9.81. The van der Waals surface area contributed by atoms with Gasteiger partial charge in [-0.25, -0.2) is 0 Å². The molecule has 0 saturated heterocycles. The maximum absolute atomic E-state index is 11.1. The van der Waals surface area contributed by atoms with E-state index in [0.29, 0.717) is 25.7 Å². The number of ether oxygens (including phenoxy) is 2. The van der Waals surface area contributed by atoms with Crippen LogP contribution in [0.4, 0.5) is 0 Å². The highest BCUT2D eigenvalue weighted by Crippen LogP contribution is 2.30. The third-order valence-electron chi connectivity index (χ3n) is 5.12. The van der Waals surface area contributed by atoms with Crippen molar-refractivity contribution >= 4 is 23.9 Å². The second-order valence-corrected chi connectivity index (χ2v) is 6.84. The van der Waals surface area contributed by atoms with Gasteiger partial charge >= 0.3 is 23.9 Å². The van der Waals surface area contributed by atoms with Gasteiger partial charge in [0, 0.05) is 0 Å². The Labute approximate surface area is 152 Å². The van der Waals surface area contributed by atoms with Gasteiger partial charge in [0.05, 0.1) is 37.9 Å². The van der Waals surface area contributed by atoms with Crippen molar-refractivity contribution in [3.63, 3.8) is 0 Å². The van der Waals surface area contributed by atoms with Crippen LogP contribution >= 0.6 is 0 Å². The monoisotopic (exact) mass is 372 g/mol. The Morgan fingerprint density at radius 3 is 1.23 bits per heavy atom. The van der Waals surface area contributed by atoms with Crippen molar-refractivity contribution in [3.05, 3.63) is 0 Å². The standard InChI is InChI=1S/2C9H14O4/c2*1-13-9(12)7-4-2-3-6(5-7)8(10)11/h2*6-7H,2-5H2,1H3,(H,10,11)/t2*6-,7+/m10/s1. The molecule has 0 aliphatic heterocycles. The molecule has 2 aliphatic carbocycles. The number of carbonyl (C=O) groups excluding carboxylic acids is 2. The first-order valence-electron chi connectivity index (χ1n) is 8.91. The summed E-state index contributed by atoms with van der Waals surface area (Å²) in [7, 11) is 2.68. The average Bonchev–Trinajstić information content (AvgIpc) is 2.67. The van der Waals surface area contributed by atoms with Crippen LogP contribution < -0.4 is 0 Å². The summed E-state index contributed by atoms with van der Waals surface area (Å²) in [6.07, 6.45) is 5.36. The largest absolute Gasteiger partial charge is 0.481 e. The number of methoxy groups -OCH3 is 2. The number of rotatable bonds is 4. The zero-order chi connectivity index (χ0) is 19.7. The molecule has 2 saturated carbocycles. The van der Waals surface area contributed by atoms with Crippen LogP contribution in [0.1, 0.15) is 51.4 Å². The summed E-state index contributed by atoms with van der Waals surface area (Å²) in [6, 6.07) is 0. The predicted octanol–water partition coefficient (Wildman–Crippen LogP) is 2.10. The molecule has 2 rings (SSSR count). The Hall–Kier alpha value is -2.12. The minimum Gasteiger partial charge on any atom is -0.481 e. The second kappa shape index (κ2) is 10.8. The highest BCUT2D eigenvalue weighted by Gasteiger charge is 2.32. The van der Waals surface area contributed by atoms with E-state index in [0.717, 1.165) is 25.7 Å². The van der Waals surface area contributed by atoms with Gasteiger partial charge in [-0.1, -0.05) is 12.8 Å². The first kappa shape index (κ1) is 21.9. The van der Waals surface area contributed by atoms with Crippen LogP contribution in [-0.2, 0) is 28.7 Å². The molecule has 0 bridgehead atoms. The van der Waals surface area contributed by atoms with E-state index in [4.69, 9.17) is 10.2 Å².